The lowest BCUT2D eigenvalue weighted by Gasteiger charge is -2.18. The van der Waals surface area contributed by atoms with Crippen LogP contribution in [-0.2, 0) is 26.9 Å². The van der Waals surface area contributed by atoms with E-state index in [0.29, 0.717) is 0 Å². The first-order chi connectivity index (χ1) is 20.5. The van der Waals surface area contributed by atoms with Crippen molar-refractivity contribution in [1.82, 2.24) is 9.13 Å². The highest BCUT2D eigenvalue weighted by molar-refractivity contribution is 6.00. The summed E-state index contributed by atoms with van der Waals surface area (Å²) in [5, 5.41) is 2.72. The summed E-state index contributed by atoms with van der Waals surface area (Å²) in [7, 11) is 4.33. The third-order valence-corrected chi connectivity index (χ3v) is 9.48. The molecule has 8 rings (SSSR count). The van der Waals surface area contributed by atoms with E-state index in [1.165, 1.54) is 77.7 Å². The molecule has 0 saturated carbocycles. The topological polar surface area (TPSA) is 9.86 Å². The van der Waals surface area contributed by atoms with Crippen molar-refractivity contribution in [2.75, 3.05) is 0 Å². The molecule has 4 aromatic carbocycles. The van der Waals surface area contributed by atoms with Crippen LogP contribution in [0, 0.1) is 13.8 Å². The second-order valence-corrected chi connectivity index (χ2v) is 11.7. The molecule has 0 aliphatic heterocycles. The van der Waals surface area contributed by atoms with Crippen molar-refractivity contribution in [2.24, 2.45) is 14.1 Å². The van der Waals surface area contributed by atoms with Gasteiger partial charge in [0.25, 0.3) is 0 Å². The first-order valence-corrected chi connectivity index (χ1v) is 15.2. The lowest BCUT2D eigenvalue weighted by molar-refractivity contribution is 0.913. The molecule has 208 valence electrons. The maximum Gasteiger partial charge on any atom is 0.0486 e. The molecule has 2 heterocycles. The van der Waals surface area contributed by atoms with Crippen LogP contribution in [-0.4, -0.2) is 9.13 Å². The number of hydrogen-bond acceptors (Lipinski definition) is 0. The molecule has 2 nitrogen and oxygen atoms in total. The molecule has 2 aliphatic carbocycles. The zero-order valence-electron chi connectivity index (χ0n) is 25.1. The lowest BCUT2D eigenvalue weighted by Crippen LogP contribution is -2.02. The lowest BCUT2D eigenvalue weighted by atomic mass is 9.86. The number of para-hydroxylation sites is 2. The molecule has 0 N–H and O–H groups in total. The highest BCUT2D eigenvalue weighted by atomic mass is 14.9. The monoisotopic (exact) mass is 546 g/mol. The Bertz CT molecular complexity index is 1880. The zero-order chi connectivity index (χ0) is 28.8. The first kappa shape index (κ1) is 26.3. The molecule has 0 atom stereocenters. The standard InChI is InChI=1S/2C20H19N/c2*1-14-20(18-11-5-6-13-19(18)21(14)2)17-12-7-9-15-8-3-4-10-16(15)17/h2*3-6,8,10-13H,7,9H2,1-2H3. The minimum atomic E-state index is 1.13. The molecule has 0 spiro atoms. The second kappa shape index (κ2) is 10.7. The number of allylic oxidation sites excluding steroid dienone is 2. The maximum absolute atomic E-state index is 2.41. The molecular formula is C40H38N2. The van der Waals surface area contributed by atoms with E-state index >= 15 is 0 Å². The SMILES string of the molecule is Cc1c(C2=CCCc3ccccc32)c2ccccc2n1C.Cc1c(C2=CCCc3ccccc32)c2ccccc2n1C. The molecule has 2 aromatic heterocycles. The van der Waals surface area contributed by atoms with Crippen molar-refractivity contribution in [3.8, 4) is 0 Å². The van der Waals surface area contributed by atoms with Gasteiger partial charge in [-0.2, -0.15) is 0 Å². The largest absolute Gasteiger partial charge is 0.347 e. The van der Waals surface area contributed by atoms with E-state index in [4.69, 9.17) is 0 Å². The predicted octanol–water partition coefficient (Wildman–Crippen LogP) is 9.73. The number of aromatic nitrogens is 2. The first-order valence-electron chi connectivity index (χ1n) is 15.2. The van der Waals surface area contributed by atoms with Crippen LogP contribution in [0.1, 0.15) is 57.6 Å². The van der Waals surface area contributed by atoms with Gasteiger partial charge in [0.15, 0.2) is 0 Å². The fourth-order valence-electron chi connectivity index (χ4n) is 7.16. The Morgan fingerprint density at radius 3 is 1.31 bits per heavy atom. The number of rotatable bonds is 2. The fraction of sp³-hybridized carbons (Fsp3) is 0.200. The Kier molecular flexibility index (Phi) is 6.70. The summed E-state index contributed by atoms with van der Waals surface area (Å²) in [5.41, 5.74) is 16.7. The Balaban J connectivity index is 0.000000137. The molecule has 42 heavy (non-hydrogen) atoms. The van der Waals surface area contributed by atoms with E-state index in [1.54, 1.807) is 0 Å². The van der Waals surface area contributed by atoms with Crippen LogP contribution in [0.5, 0.6) is 0 Å². The fourth-order valence-corrected chi connectivity index (χ4v) is 7.16. The molecule has 0 saturated heterocycles. The second-order valence-electron chi connectivity index (χ2n) is 11.7. The van der Waals surface area contributed by atoms with Crippen LogP contribution >= 0.6 is 0 Å². The van der Waals surface area contributed by atoms with Crippen molar-refractivity contribution in [3.63, 3.8) is 0 Å². The molecule has 0 fully saturated rings. The third-order valence-electron chi connectivity index (χ3n) is 9.48. The van der Waals surface area contributed by atoms with Gasteiger partial charge in [0.1, 0.15) is 0 Å². The zero-order valence-corrected chi connectivity index (χ0v) is 25.1. The minimum Gasteiger partial charge on any atom is -0.347 e. The summed E-state index contributed by atoms with van der Waals surface area (Å²) < 4.78 is 4.62. The van der Waals surface area contributed by atoms with E-state index in [-0.39, 0.29) is 0 Å². The Labute approximate surface area is 249 Å². The Morgan fingerprint density at radius 1 is 0.476 bits per heavy atom. The van der Waals surface area contributed by atoms with Crippen molar-refractivity contribution in [2.45, 2.75) is 39.5 Å². The Hall–Kier alpha value is -4.56. The summed E-state index contributed by atoms with van der Waals surface area (Å²) in [6, 6.07) is 35.1. The molecule has 0 unspecified atom stereocenters. The van der Waals surface area contributed by atoms with Gasteiger partial charge in [0.2, 0.25) is 0 Å². The van der Waals surface area contributed by atoms with Crippen LogP contribution < -0.4 is 0 Å². The summed E-state index contributed by atoms with van der Waals surface area (Å²) >= 11 is 0. The van der Waals surface area contributed by atoms with Gasteiger partial charge in [0, 0.05) is 58.4 Å². The number of hydrogen-bond donors (Lipinski definition) is 0. The molecule has 0 radical (unpaired) electrons. The number of nitrogens with zero attached hydrogens (tertiary/aromatic N) is 2. The Morgan fingerprint density at radius 2 is 0.857 bits per heavy atom. The van der Waals surface area contributed by atoms with Crippen LogP contribution in [0.15, 0.2) is 109 Å². The van der Waals surface area contributed by atoms with Crippen LogP contribution in [0.3, 0.4) is 0 Å². The van der Waals surface area contributed by atoms with E-state index in [2.05, 4.69) is 146 Å². The van der Waals surface area contributed by atoms with E-state index < -0.39 is 0 Å². The summed E-state index contributed by atoms with van der Waals surface area (Å²) in [5.74, 6) is 0. The summed E-state index contributed by atoms with van der Waals surface area (Å²) in [6.45, 7) is 4.46. The molecule has 2 aliphatic rings. The van der Waals surface area contributed by atoms with Gasteiger partial charge >= 0.3 is 0 Å². The molecular weight excluding hydrogens is 508 g/mol. The van der Waals surface area contributed by atoms with Gasteiger partial charge < -0.3 is 9.13 Å². The minimum absolute atomic E-state index is 1.13. The molecule has 0 bridgehead atoms. The smallest absolute Gasteiger partial charge is 0.0486 e. The van der Waals surface area contributed by atoms with Gasteiger partial charge in [-0.3, -0.25) is 0 Å². The van der Waals surface area contributed by atoms with Gasteiger partial charge in [-0.1, -0.05) is 97.1 Å². The van der Waals surface area contributed by atoms with Gasteiger partial charge in [-0.15, -0.1) is 0 Å². The van der Waals surface area contributed by atoms with Crippen LogP contribution in [0.25, 0.3) is 33.0 Å². The highest BCUT2D eigenvalue weighted by Crippen LogP contribution is 2.39. The van der Waals surface area contributed by atoms with Crippen molar-refractivity contribution >= 4 is 33.0 Å². The van der Waals surface area contributed by atoms with Gasteiger partial charge in [-0.05, 0) is 85.1 Å². The van der Waals surface area contributed by atoms with Gasteiger partial charge in [0.05, 0.1) is 0 Å². The predicted molar refractivity (Wildman–Crippen MR) is 179 cm³/mol. The van der Waals surface area contributed by atoms with Crippen molar-refractivity contribution in [1.29, 1.82) is 0 Å². The average molecular weight is 547 g/mol. The van der Waals surface area contributed by atoms with Crippen LogP contribution in [0.4, 0.5) is 0 Å². The third kappa shape index (κ3) is 4.25. The van der Waals surface area contributed by atoms with Crippen LogP contribution in [0.2, 0.25) is 0 Å². The number of aryl methyl sites for hydroxylation is 4. The normalized spacial score (nSPS) is 14.1. The molecule has 6 aromatic rings. The van der Waals surface area contributed by atoms with E-state index in [0.717, 1.165) is 25.7 Å². The highest BCUT2D eigenvalue weighted by Gasteiger charge is 2.21. The molecule has 2 heteroatoms. The van der Waals surface area contributed by atoms with Crippen molar-refractivity contribution < 1.29 is 0 Å². The van der Waals surface area contributed by atoms with Gasteiger partial charge in [-0.25, -0.2) is 0 Å². The summed E-state index contributed by atoms with van der Waals surface area (Å²) in [6.07, 6.45) is 9.41. The number of benzene rings is 4. The average Bonchev–Trinajstić information content (AvgIpc) is 3.45. The maximum atomic E-state index is 2.41. The van der Waals surface area contributed by atoms with E-state index in [9.17, 15) is 0 Å². The molecule has 0 amide bonds. The quantitative estimate of drug-likeness (QED) is 0.205. The summed E-state index contributed by atoms with van der Waals surface area (Å²) in [4.78, 5) is 0. The van der Waals surface area contributed by atoms with Crippen molar-refractivity contribution in [3.05, 3.63) is 154 Å². The number of fused-ring (bicyclic) bond motifs is 4. The van der Waals surface area contributed by atoms with E-state index in [1.807, 2.05) is 0 Å².